The van der Waals surface area contributed by atoms with Gasteiger partial charge in [-0.2, -0.15) is 0 Å². The quantitative estimate of drug-likeness (QED) is 0.854. The minimum Gasteiger partial charge on any atom is -0.507 e. The maximum Gasteiger partial charge on any atom is 0.127 e. The number of nitrogens with two attached hydrogens (primary N) is 1. The lowest BCUT2D eigenvalue weighted by molar-refractivity contribution is 0.477. The van der Waals surface area contributed by atoms with E-state index in [0.29, 0.717) is 6.54 Å². The summed E-state index contributed by atoms with van der Waals surface area (Å²) in [5.74, 6) is 0.280. The Morgan fingerprint density at radius 1 is 1.31 bits per heavy atom. The van der Waals surface area contributed by atoms with Crippen LogP contribution < -0.4 is 5.73 Å². The largest absolute Gasteiger partial charge is 0.507 e. The molecule has 0 spiro atoms. The molecule has 0 saturated heterocycles. The Morgan fingerprint density at radius 3 is 2.88 bits per heavy atom. The number of benzene rings is 1. The highest BCUT2D eigenvalue weighted by Crippen LogP contribution is 2.31. The van der Waals surface area contributed by atoms with Crippen molar-refractivity contribution in [1.82, 2.24) is 4.98 Å². The zero-order chi connectivity index (χ0) is 11.4. The van der Waals surface area contributed by atoms with E-state index in [2.05, 4.69) is 4.98 Å². The summed E-state index contributed by atoms with van der Waals surface area (Å²) in [6, 6.07) is 7.26. The average molecular weight is 234 g/mol. The fourth-order valence-electron chi connectivity index (χ4n) is 1.48. The molecule has 0 fully saturated rings. The van der Waals surface area contributed by atoms with Gasteiger partial charge in [0.25, 0.3) is 0 Å². The molecule has 1 aromatic carbocycles. The van der Waals surface area contributed by atoms with Gasteiger partial charge in [0, 0.05) is 5.38 Å². The molecular weight excluding hydrogens is 220 g/mol. The van der Waals surface area contributed by atoms with E-state index < -0.39 is 0 Å². The molecule has 0 aliphatic rings. The van der Waals surface area contributed by atoms with E-state index in [1.807, 2.05) is 23.6 Å². The van der Waals surface area contributed by atoms with Gasteiger partial charge in [0.15, 0.2) is 0 Å². The minimum absolute atomic E-state index is 0.280. The number of phenolic OH excluding ortho intramolecular Hbond substituents is 1. The maximum absolute atomic E-state index is 9.70. The van der Waals surface area contributed by atoms with Crippen molar-refractivity contribution in [3.63, 3.8) is 0 Å². The van der Waals surface area contributed by atoms with Crippen LogP contribution in [0.4, 0.5) is 0 Å². The maximum atomic E-state index is 9.70. The SMILES string of the molecule is NCCCc1csc(-c2ccccc2O)n1. The van der Waals surface area contributed by atoms with Crippen LogP contribution in [0.5, 0.6) is 5.75 Å². The summed E-state index contributed by atoms with van der Waals surface area (Å²) in [6.07, 6.45) is 1.85. The summed E-state index contributed by atoms with van der Waals surface area (Å²) in [6.45, 7) is 0.684. The predicted molar refractivity (Wildman–Crippen MR) is 66.6 cm³/mol. The molecule has 0 amide bonds. The lowest BCUT2D eigenvalue weighted by atomic mass is 10.2. The van der Waals surface area contributed by atoms with Crippen molar-refractivity contribution in [2.45, 2.75) is 12.8 Å². The molecule has 0 aliphatic heterocycles. The van der Waals surface area contributed by atoms with Gasteiger partial charge in [0.2, 0.25) is 0 Å². The van der Waals surface area contributed by atoms with Gasteiger partial charge in [-0.25, -0.2) is 4.98 Å². The Bertz CT molecular complexity index is 468. The Balaban J connectivity index is 2.22. The van der Waals surface area contributed by atoms with Crippen molar-refractivity contribution in [3.8, 4) is 16.3 Å². The summed E-state index contributed by atoms with van der Waals surface area (Å²) in [5, 5.41) is 12.6. The number of aromatic nitrogens is 1. The Hall–Kier alpha value is -1.39. The molecule has 0 radical (unpaired) electrons. The third kappa shape index (κ3) is 2.40. The lowest BCUT2D eigenvalue weighted by Gasteiger charge is -1.99. The molecule has 3 nitrogen and oxygen atoms in total. The molecule has 0 aliphatic carbocycles. The summed E-state index contributed by atoms with van der Waals surface area (Å²) in [4.78, 5) is 4.48. The smallest absolute Gasteiger partial charge is 0.127 e. The van der Waals surface area contributed by atoms with Gasteiger partial charge in [-0.3, -0.25) is 0 Å². The van der Waals surface area contributed by atoms with Crippen LogP contribution >= 0.6 is 11.3 Å². The number of hydrogen-bond donors (Lipinski definition) is 2. The fourth-order valence-corrected chi connectivity index (χ4v) is 2.37. The molecular formula is C12H14N2OS. The number of aromatic hydroxyl groups is 1. The molecule has 0 unspecified atom stereocenters. The summed E-state index contributed by atoms with van der Waals surface area (Å²) < 4.78 is 0. The van der Waals surface area contributed by atoms with Crippen LogP contribution in [0.1, 0.15) is 12.1 Å². The van der Waals surface area contributed by atoms with Crippen molar-refractivity contribution in [3.05, 3.63) is 35.3 Å². The molecule has 2 aromatic rings. The second-order valence-electron chi connectivity index (χ2n) is 3.55. The molecule has 0 saturated carbocycles. The van der Waals surface area contributed by atoms with E-state index in [1.165, 1.54) is 0 Å². The summed E-state index contributed by atoms with van der Waals surface area (Å²) >= 11 is 1.56. The summed E-state index contributed by atoms with van der Waals surface area (Å²) in [7, 11) is 0. The first-order valence-electron chi connectivity index (χ1n) is 5.24. The highest BCUT2D eigenvalue weighted by Gasteiger charge is 2.07. The topological polar surface area (TPSA) is 59.1 Å². The van der Waals surface area contributed by atoms with Crippen molar-refractivity contribution in [2.75, 3.05) is 6.54 Å². The number of thiazole rings is 1. The highest BCUT2D eigenvalue weighted by molar-refractivity contribution is 7.13. The van der Waals surface area contributed by atoms with Crippen LogP contribution in [0.2, 0.25) is 0 Å². The van der Waals surface area contributed by atoms with Crippen LogP contribution in [-0.4, -0.2) is 16.6 Å². The van der Waals surface area contributed by atoms with E-state index in [1.54, 1.807) is 17.4 Å². The van der Waals surface area contributed by atoms with Gasteiger partial charge in [0.05, 0.1) is 11.3 Å². The third-order valence-corrected chi connectivity index (χ3v) is 3.25. The number of aryl methyl sites for hydroxylation is 1. The van der Waals surface area contributed by atoms with Gasteiger partial charge < -0.3 is 10.8 Å². The van der Waals surface area contributed by atoms with Crippen molar-refractivity contribution < 1.29 is 5.11 Å². The third-order valence-electron chi connectivity index (χ3n) is 2.32. The first-order chi connectivity index (χ1) is 7.81. The molecule has 0 atom stereocenters. The van der Waals surface area contributed by atoms with Gasteiger partial charge in [-0.15, -0.1) is 11.3 Å². The first kappa shape index (κ1) is 11.1. The predicted octanol–water partition coefficient (Wildman–Crippen LogP) is 2.41. The van der Waals surface area contributed by atoms with E-state index in [4.69, 9.17) is 5.73 Å². The van der Waals surface area contributed by atoms with Gasteiger partial charge in [-0.05, 0) is 31.5 Å². The Kier molecular flexibility index (Phi) is 3.54. The number of nitrogens with zero attached hydrogens (tertiary/aromatic N) is 1. The van der Waals surface area contributed by atoms with Crippen molar-refractivity contribution >= 4 is 11.3 Å². The van der Waals surface area contributed by atoms with Crippen molar-refractivity contribution in [2.24, 2.45) is 5.73 Å². The first-order valence-corrected chi connectivity index (χ1v) is 6.12. The normalized spacial score (nSPS) is 10.6. The standard InChI is InChI=1S/C12H14N2OS/c13-7-3-4-9-8-16-12(14-9)10-5-1-2-6-11(10)15/h1-2,5-6,8,15H,3-4,7,13H2. The van der Waals surface area contributed by atoms with Crippen LogP contribution in [0.25, 0.3) is 10.6 Å². The Morgan fingerprint density at radius 2 is 2.12 bits per heavy atom. The van der Waals surface area contributed by atoms with Crippen LogP contribution in [0, 0.1) is 0 Å². The van der Waals surface area contributed by atoms with Gasteiger partial charge in [-0.1, -0.05) is 12.1 Å². The molecule has 1 aromatic heterocycles. The van der Waals surface area contributed by atoms with Crippen LogP contribution in [-0.2, 0) is 6.42 Å². The molecule has 16 heavy (non-hydrogen) atoms. The molecule has 3 N–H and O–H groups in total. The molecule has 84 valence electrons. The molecule has 2 rings (SSSR count). The highest BCUT2D eigenvalue weighted by atomic mass is 32.1. The lowest BCUT2D eigenvalue weighted by Crippen LogP contribution is -2.00. The second kappa shape index (κ2) is 5.09. The Labute approximate surface area is 98.6 Å². The minimum atomic E-state index is 0.280. The van der Waals surface area contributed by atoms with E-state index in [0.717, 1.165) is 29.1 Å². The average Bonchev–Trinajstić information content (AvgIpc) is 2.75. The molecule has 1 heterocycles. The van der Waals surface area contributed by atoms with Crippen molar-refractivity contribution in [1.29, 1.82) is 0 Å². The van der Waals surface area contributed by atoms with E-state index in [9.17, 15) is 5.11 Å². The number of phenols is 1. The zero-order valence-corrected chi connectivity index (χ0v) is 9.70. The number of hydrogen-bond acceptors (Lipinski definition) is 4. The molecule has 4 heteroatoms. The second-order valence-corrected chi connectivity index (χ2v) is 4.41. The van der Waals surface area contributed by atoms with Crippen LogP contribution in [0.3, 0.4) is 0 Å². The van der Waals surface area contributed by atoms with E-state index in [-0.39, 0.29) is 5.75 Å². The zero-order valence-electron chi connectivity index (χ0n) is 8.89. The fraction of sp³-hybridized carbons (Fsp3) is 0.250. The monoisotopic (exact) mass is 234 g/mol. The van der Waals surface area contributed by atoms with E-state index >= 15 is 0 Å². The van der Waals surface area contributed by atoms with Gasteiger partial charge >= 0.3 is 0 Å². The van der Waals surface area contributed by atoms with Gasteiger partial charge in [0.1, 0.15) is 10.8 Å². The summed E-state index contributed by atoms with van der Waals surface area (Å²) in [5.41, 5.74) is 7.30. The molecule has 0 bridgehead atoms. The number of para-hydroxylation sites is 1. The number of rotatable bonds is 4. The van der Waals surface area contributed by atoms with Crippen LogP contribution in [0.15, 0.2) is 29.6 Å².